The molecule has 0 radical (unpaired) electrons. The number of nitrogens with two attached hydrogens (primary N) is 2. The van der Waals surface area contributed by atoms with Gasteiger partial charge in [0.2, 0.25) is 0 Å². The van der Waals surface area contributed by atoms with Crippen LogP contribution in [0.25, 0.3) is 0 Å². The number of anilines is 1. The molecular weight excluding hydrogens is 240 g/mol. The molecule has 0 bridgehead atoms. The van der Waals surface area contributed by atoms with E-state index in [9.17, 15) is 0 Å². The second-order valence-electron chi connectivity index (χ2n) is 4.35. The van der Waals surface area contributed by atoms with Crippen LogP contribution in [0.2, 0.25) is 0 Å². The number of hydrogen-bond acceptors (Lipinski definition) is 4. The van der Waals surface area contributed by atoms with Crippen LogP contribution in [0.3, 0.4) is 0 Å². The molecule has 0 unspecified atom stereocenters. The summed E-state index contributed by atoms with van der Waals surface area (Å²) in [4.78, 5) is 12.8. The van der Waals surface area contributed by atoms with Crippen molar-refractivity contribution in [2.45, 2.75) is 39.0 Å². The Morgan fingerprint density at radius 2 is 2.21 bits per heavy atom. The van der Waals surface area contributed by atoms with Gasteiger partial charge < -0.3 is 16.8 Å². The van der Waals surface area contributed by atoms with Gasteiger partial charge in [-0.1, -0.05) is 13.3 Å². The van der Waals surface area contributed by atoms with E-state index in [1.807, 2.05) is 0 Å². The smallest absolute Gasteiger partial charge is 0.194 e. The van der Waals surface area contributed by atoms with Crippen molar-refractivity contribution in [3.63, 3.8) is 0 Å². The Balaban J connectivity index is 2.47. The first-order chi connectivity index (χ1) is 9.26. The summed E-state index contributed by atoms with van der Waals surface area (Å²) in [5.41, 5.74) is 11.2. The summed E-state index contributed by atoms with van der Waals surface area (Å²) in [6.45, 7) is 3.52. The predicted molar refractivity (Wildman–Crippen MR) is 79.0 cm³/mol. The number of aliphatic imine (C=N–C) groups is 1. The highest BCUT2D eigenvalue weighted by Crippen LogP contribution is 2.05. The molecular formula is C13H24N6. The average molecular weight is 264 g/mol. The summed E-state index contributed by atoms with van der Waals surface area (Å²) >= 11 is 0. The highest BCUT2D eigenvalue weighted by atomic mass is 15.1. The summed E-state index contributed by atoms with van der Waals surface area (Å²) in [6.07, 6.45) is 6.78. The Labute approximate surface area is 114 Å². The van der Waals surface area contributed by atoms with Crippen LogP contribution in [0.1, 0.15) is 38.4 Å². The zero-order valence-electron chi connectivity index (χ0n) is 11.6. The van der Waals surface area contributed by atoms with Crippen molar-refractivity contribution in [2.24, 2.45) is 16.5 Å². The maximum absolute atomic E-state index is 5.75. The van der Waals surface area contributed by atoms with Crippen molar-refractivity contribution in [1.29, 1.82) is 0 Å². The van der Waals surface area contributed by atoms with Crippen molar-refractivity contribution in [3.8, 4) is 0 Å². The quantitative estimate of drug-likeness (QED) is 0.373. The summed E-state index contributed by atoms with van der Waals surface area (Å²) in [5.74, 6) is 1.92. The number of aromatic nitrogens is 2. The monoisotopic (exact) mass is 264 g/mol. The van der Waals surface area contributed by atoms with Crippen LogP contribution in [-0.4, -0.2) is 29.0 Å². The molecule has 1 heterocycles. The highest BCUT2D eigenvalue weighted by Gasteiger charge is 2.00. The zero-order valence-corrected chi connectivity index (χ0v) is 11.6. The summed E-state index contributed by atoms with van der Waals surface area (Å²) < 4.78 is 0. The first-order valence-electron chi connectivity index (χ1n) is 6.85. The van der Waals surface area contributed by atoms with E-state index in [1.54, 1.807) is 12.3 Å². The second-order valence-corrected chi connectivity index (χ2v) is 4.35. The van der Waals surface area contributed by atoms with Crippen molar-refractivity contribution in [1.82, 2.24) is 9.97 Å². The molecule has 1 aromatic rings. The van der Waals surface area contributed by atoms with Gasteiger partial charge in [0.25, 0.3) is 0 Å². The fourth-order valence-corrected chi connectivity index (χ4v) is 1.60. The van der Waals surface area contributed by atoms with Gasteiger partial charge in [0.15, 0.2) is 5.96 Å². The van der Waals surface area contributed by atoms with Crippen LogP contribution in [0.4, 0.5) is 5.82 Å². The van der Waals surface area contributed by atoms with Gasteiger partial charge >= 0.3 is 0 Å². The Kier molecular flexibility index (Phi) is 7.50. The number of hydrogen-bond donors (Lipinski definition) is 3. The van der Waals surface area contributed by atoms with Crippen LogP contribution >= 0.6 is 0 Å². The molecule has 106 valence electrons. The molecule has 0 aliphatic carbocycles. The lowest BCUT2D eigenvalue weighted by atomic mass is 10.2. The minimum atomic E-state index is 0.398. The molecule has 19 heavy (non-hydrogen) atoms. The van der Waals surface area contributed by atoms with Gasteiger partial charge in [-0.3, -0.25) is 4.99 Å². The van der Waals surface area contributed by atoms with Gasteiger partial charge in [-0.05, 0) is 31.9 Å². The topological polar surface area (TPSA) is 102 Å². The molecule has 0 spiro atoms. The van der Waals surface area contributed by atoms with Crippen molar-refractivity contribution in [2.75, 3.05) is 18.4 Å². The largest absolute Gasteiger partial charge is 0.370 e. The van der Waals surface area contributed by atoms with Gasteiger partial charge in [0, 0.05) is 19.2 Å². The van der Waals surface area contributed by atoms with Crippen LogP contribution in [0, 0.1) is 0 Å². The molecule has 0 aliphatic rings. The predicted octanol–water partition coefficient (Wildman–Crippen LogP) is 1.28. The molecule has 6 nitrogen and oxygen atoms in total. The molecule has 0 aromatic carbocycles. The Morgan fingerprint density at radius 1 is 1.37 bits per heavy atom. The summed E-state index contributed by atoms with van der Waals surface area (Å²) in [6, 6.07) is 1.79. The van der Waals surface area contributed by atoms with Crippen LogP contribution in [0.15, 0.2) is 17.3 Å². The van der Waals surface area contributed by atoms with E-state index in [-0.39, 0.29) is 0 Å². The third kappa shape index (κ3) is 6.71. The highest BCUT2D eigenvalue weighted by molar-refractivity contribution is 5.91. The van der Waals surface area contributed by atoms with E-state index >= 15 is 0 Å². The van der Waals surface area contributed by atoms with E-state index in [4.69, 9.17) is 11.5 Å². The van der Waals surface area contributed by atoms with Crippen molar-refractivity contribution in [3.05, 3.63) is 18.1 Å². The summed E-state index contributed by atoms with van der Waals surface area (Å²) in [5, 5.41) is 2.98. The van der Waals surface area contributed by atoms with Crippen LogP contribution in [-0.2, 0) is 6.42 Å². The van der Waals surface area contributed by atoms with Gasteiger partial charge in [-0.25, -0.2) is 9.97 Å². The minimum Gasteiger partial charge on any atom is -0.370 e. The molecule has 6 heteroatoms. The normalized spacial score (nSPS) is 11.6. The van der Waals surface area contributed by atoms with Crippen molar-refractivity contribution < 1.29 is 0 Å². The molecule has 0 saturated heterocycles. The van der Waals surface area contributed by atoms with Gasteiger partial charge in [-0.2, -0.15) is 0 Å². The maximum Gasteiger partial charge on any atom is 0.194 e. The first-order valence-corrected chi connectivity index (χ1v) is 6.85. The Bertz CT molecular complexity index is 390. The molecule has 0 fully saturated rings. The number of unbranched alkanes of at least 4 members (excludes halogenated alkanes) is 2. The number of rotatable bonds is 8. The Hall–Kier alpha value is -1.69. The lowest BCUT2D eigenvalue weighted by Gasteiger charge is -2.06. The van der Waals surface area contributed by atoms with E-state index in [0.717, 1.165) is 51.0 Å². The average Bonchev–Trinajstić information content (AvgIpc) is 2.42. The van der Waals surface area contributed by atoms with Crippen LogP contribution in [0.5, 0.6) is 0 Å². The molecule has 5 N–H and O–H groups in total. The molecule has 0 amide bonds. The fraction of sp³-hybridized carbons (Fsp3) is 0.615. The SMILES string of the molecule is CCCN=C(N)Nc1ccnc(CCCCCN)n1. The number of guanidine groups is 1. The van der Waals surface area contributed by atoms with Gasteiger partial charge in [0.05, 0.1) is 0 Å². The standard InChI is InChI=1S/C13H24N6/c1-2-9-17-13(15)19-12-7-10-16-11(18-12)6-4-3-5-8-14/h7,10H,2-6,8-9,14H2,1H3,(H3,15,16,17,18,19). The molecule has 0 atom stereocenters. The third-order valence-corrected chi connectivity index (χ3v) is 2.57. The van der Waals surface area contributed by atoms with Crippen LogP contribution < -0.4 is 16.8 Å². The zero-order chi connectivity index (χ0) is 13.9. The molecule has 0 saturated carbocycles. The fourth-order valence-electron chi connectivity index (χ4n) is 1.60. The lowest BCUT2D eigenvalue weighted by molar-refractivity contribution is 0.669. The van der Waals surface area contributed by atoms with Gasteiger partial charge in [0.1, 0.15) is 11.6 Å². The Morgan fingerprint density at radius 3 is 2.95 bits per heavy atom. The number of aryl methyl sites for hydroxylation is 1. The maximum atomic E-state index is 5.75. The van der Waals surface area contributed by atoms with E-state index in [1.165, 1.54) is 0 Å². The van der Waals surface area contributed by atoms with E-state index in [2.05, 4.69) is 27.2 Å². The minimum absolute atomic E-state index is 0.398. The summed E-state index contributed by atoms with van der Waals surface area (Å²) in [7, 11) is 0. The van der Waals surface area contributed by atoms with Crippen molar-refractivity contribution >= 4 is 11.8 Å². The number of nitrogens with zero attached hydrogens (tertiary/aromatic N) is 3. The third-order valence-electron chi connectivity index (χ3n) is 2.57. The second kappa shape index (κ2) is 9.27. The first kappa shape index (κ1) is 15.4. The van der Waals surface area contributed by atoms with Gasteiger partial charge in [-0.15, -0.1) is 0 Å². The molecule has 1 aromatic heterocycles. The van der Waals surface area contributed by atoms with E-state index in [0.29, 0.717) is 11.8 Å². The van der Waals surface area contributed by atoms with E-state index < -0.39 is 0 Å². The lowest BCUT2D eigenvalue weighted by Crippen LogP contribution is -2.23. The number of nitrogens with one attached hydrogen (secondary N) is 1. The molecule has 0 aliphatic heterocycles. The molecule has 1 rings (SSSR count).